The molecule has 6 nitrogen and oxygen atoms in total. The van der Waals surface area contributed by atoms with Gasteiger partial charge in [-0.15, -0.1) is 11.3 Å². The van der Waals surface area contributed by atoms with Gasteiger partial charge in [-0.3, -0.25) is 9.59 Å². The van der Waals surface area contributed by atoms with Crippen LogP contribution in [0.3, 0.4) is 0 Å². The molecule has 7 heteroatoms. The van der Waals surface area contributed by atoms with Crippen LogP contribution in [0.4, 0.5) is 0 Å². The summed E-state index contributed by atoms with van der Waals surface area (Å²) < 4.78 is 1.70. The number of amides is 1. The molecule has 1 N–H and O–H groups in total. The maximum Gasteiger partial charge on any atom is 0.308 e. The average Bonchev–Trinajstić information content (AvgIpc) is 3.40. The van der Waals surface area contributed by atoms with E-state index >= 15 is 0 Å². The minimum Gasteiger partial charge on any atom is -0.481 e. The van der Waals surface area contributed by atoms with Crippen molar-refractivity contribution < 1.29 is 14.7 Å². The van der Waals surface area contributed by atoms with E-state index in [2.05, 4.69) is 5.10 Å². The zero-order valence-electron chi connectivity index (χ0n) is 14.8. The molecule has 2 atom stereocenters. The summed E-state index contributed by atoms with van der Waals surface area (Å²) >= 11 is 1.52. The van der Waals surface area contributed by atoms with Crippen LogP contribution >= 0.6 is 11.3 Å². The van der Waals surface area contributed by atoms with Gasteiger partial charge in [-0.1, -0.05) is 31.2 Å². The topological polar surface area (TPSA) is 75.4 Å². The molecule has 2 aromatic heterocycles. The Labute approximate surface area is 160 Å². The Morgan fingerprint density at radius 2 is 1.93 bits per heavy atom. The molecule has 1 aliphatic heterocycles. The molecule has 0 unspecified atom stereocenters. The number of carboxylic acid groups (broad SMARTS) is 1. The van der Waals surface area contributed by atoms with Crippen LogP contribution in [0.25, 0.3) is 16.3 Å². The van der Waals surface area contributed by atoms with E-state index < -0.39 is 11.9 Å². The Morgan fingerprint density at radius 1 is 1.15 bits per heavy atom. The molecule has 27 heavy (non-hydrogen) atoms. The van der Waals surface area contributed by atoms with Gasteiger partial charge in [0.05, 0.1) is 22.0 Å². The van der Waals surface area contributed by atoms with E-state index in [0.29, 0.717) is 17.8 Å². The van der Waals surface area contributed by atoms with Crippen LogP contribution in [0.15, 0.2) is 54.0 Å². The average molecular weight is 381 g/mol. The van der Waals surface area contributed by atoms with E-state index in [0.717, 1.165) is 10.6 Å². The maximum absolute atomic E-state index is 13.2. The van der Waals surface area contributed by atoms with Crippen LogP contribution in [0, 0.1) is 11.8 Å². The molecule has 0 saturated carbocycles. The molecular formula is C20H19N3O3S. The maximum atomic E-state index is 13.2. The smallest absolute Gasteiger partial charge is 0.308 e. The molecule has 0 radical (unpaired) electrons. The molecular weight excluding hydrogens is 362 g/mol. The molecule has 1 aromatic carbocycles. The summed E-state index contributed by atoms with van der Waals surface area (Å²) in [5, 5.41) is 16.0. The number of para-hydroxylation sites is 1. The highest BCUT2D eigenvalue weighted by Gasteiger charge is 2.38. The number of nitrogens with zero attached hydrogens (tertiary/aromatic N) is 3. The van der Waals surface area contributed by atoms with Crippen molar-refractivity contribution in [2.75, 3.05) is 13.1 Å². The molecule has 138 valence electrons. The Morgan fingerprint density at radius 3 is 2.56 bits per heavy atom. The van der Waals surface area contributed by atoms with Crippen molar-refractivity contribution >= 4 is 23.2 Å². The van der Waals surface area contributed by atoms with Gasteiger partial charge >= 0.3 is 5.97 Å². The summed E-state index contributed by atoms with van der Waals surface area (Å²) in [6.45, 7) is 2.55. The molecule has 1 saturated heterocycles. The number of carbonyl (C=O) groups is 2. The first-order valence-electron chi connectivity index (χ1n) is 8.75. The van der Waals surface area contributed by atoms with Gasteiger partial charge in [-0.2, -0.15) is 5.10 Å². The molecule has 3 heterocycles. The fourth-order valence-electron chi connectivity index (χ4n) is 3.46. The normalized spacial score (nSPS) is 19.4. The van der Waals surface area contributed by atoms with Crippen molar-refractivity contribution in [1.29, 1.82) is 0 Å². The largest absolute Gasteiger partial charge is 0.481 e. The second-order valence-corrected chi connectivity index (χ2v) is 7.73. The van der Waals surface area contributed by atoms with Gasteiger partial charge in [0.25, 0.3) is 5.91 Å². The van der Waals surface area contributed by atoms with E-state index in [1.54, 1.807) is 15.8 Å². The highest BCUT2D eigenvalue weighted by Crippen LogP contribution is 2.31. The number of carboxylic acids is 1. The second-order valence-electron chi connectivity index (χ2n) is 6.78. The monoisotopic (exact) mass is 381 g/mol. The molecule has 3 aromatic rings. The predicted octanol–water partition coefficient (Wildman–Crippen LogP) is 3.39. The summed E-state index contributed by atoms with van der Waals surface area (Å²) in [6, 6.07) is 13.5. The van der Waals surface area contributed by atoms with Crippen molar-refractivity contribution in [2.24, 2.45) is 11.8 Å². The van der Waals surface area contributed by atoms with Crippen LogP contribution in [-0.2, 0) is 4.79 Å². The van der Waals surface area contributed by atoms with Crippen LogP contribution in [0.1, 0.15) is 17.3 Å². The number of rotatable bonds is 4. The van der Waals surface area contributed by atoms with Gasteiger partial charge in [0.2, 0.25) is 0 Å². The highest BCUT2D eigenvalue weighted by atomic mass is 32.1. The first-order chi connectivity index (χ1) is 13.0. The Hall–Kier alpha value is -2.93. The fourth-order valence-corrected chi connectivity index (χ4v) is 4.19. The minimum absolute atomic E-state index is 0.0687. The third-order valence-corrected chi connectivity index (χ3v) is 5.81. The van der Waals surface area contributed by atoms with E-state index in [9.17, 15) is 14.7 Å². The van der Waals surface area contributed by atoms with E-state index in [4.69, 9.17) is 0 Å². The van der Waals surface area contributed by atoms with E-state index in [-0.39, 0.29) is 18.4 Å². The van der Waals surface area contributed by atoms with Crippen LogP contribution in [-0.4, -0.2) is 44.8 Å². The number of likely N-dealkylation sites (tertiary alicyclic amines) is 1. The van der Waals surface area contributed by atoms with Crippen molar-refractivity contribution in [3.8, 4) is 16.3 Å². The fraction of sp³-hybridized carbons (Fsp3) is 0.250. The summed E-state index contributed by atoms with van der Waals surface area (Å²) in [6.07, 6.45) is 1.74. The zero-order valence-corrected chi connectivity index (χ0v) is 15.6. The van der Waals surface area contributed by atoms with Gasteiger partial charge in [-0.25, -0.2) is 4.68 Å². The van der Waals surface area contributed by atoms with Gasteiger partial charge < -0.3 is 10.0 Å². The minimum atomic E-state index is -0.851. The molecule has 1 fully saturated rings. The lowest BCUT2D eigenvalue weighted by Gasteiger charge is -2.15. The van der Waals surface area contributed by atoms with Crippen molar-refractivity contribution in [3.05, 3.63) is 59.6 Å². The van der Waals surface area contributed by atoms with Crippen molar-refractivity contribution in [2.45, 2.75) is 6.92 Å². The van der Waals surface area contributed by atoms with Gasteiger partial charge in [0.1, 0.15) is 5.69 Å². The van der Waals surface area contributed by atoms with Gasteiger partial charge in [-0.05, 0) is 29.5 Å². The van der Waals surface area contributed by atoms with E-state index in [1.165, 1.54) is 11.3 Å². The number of hydrogen-bond acceptors (Lipinski definition) is 4. The highest BCUT2D eigenvalue weighted by molar-refractivity contribution is 7.13. The summed E-state index contributed by atoms with van der Waals surface area (Å²) in [5.41, 5.74) is 2.00. The van der Waals surface area contributed by atoms with Crippen molar-refractivity contribution in [1.82, 2.24) is 14.7 Å². The number of aliphatic carboxylic acids is 1. The Balaban J connectivity index is 1.72. The first-order valence-corrected chi connectivity index (χ1v) is 9.63. The number of hydrogen-bond donors (Lipinski definition) is 1. The van der Waals surface area contributed by atoms with E-state index in [1.807, 2.05) is 54.8 Å². The number of carbonyl (C=O) groups excluding carboxylic acids is 1. The lowest BCUT2D eigenvalue weighted by molar-refractivity contribution is -0.142. The predicted molar refractivity (Wildman–Crippen MR) is 103 cm³/mol. The molecule has 1 aliphatic rings. The number of thiophene rings is 1. The standard InChI is InChI=1S/C20H19N3O3S/c1-13-10-22(11-15(13)20(25)26)19(24)16-12-23(14-6-3-2-4-7-14)21-18(16)17-8-5-9-27-17/h2-9,12-13,15H,10-11H2,1H3,(H,25,26)/t13-,15-/m1/s1. The molecule has 1 amide bonds. The number of benzene rings is 1. The number of aromatic nitrogens is 2. The quantitative estimate of drug-likeness (QED) is 0.752. The molecule has 4 rings (SSSR count). The third-order valence-electron chi connectivity index (χ3n) is 4.94. The molecule has 0 bridgehead atoms. The summed E-state index contributed by atoms with van der Waals surface area (Å²) in [5.74, 6) is -1.61. The summed E-state index contributed by atoms with van der Waals surface area (Å²) in [4.78, 5) is 27.2. The lowest BCUT2D eigenvalue weighted by atomic mass is 9.99. The second kappa shape index (κ2) is 7.00. The first kappa shape index (κ1) is 17.5. The van der Waals surface area contributed by atoms with Crippen LogP contribution in [0.2, 0.25) is 0 Å². The van der Waals surface area contributed by atoms with Crippen LogP contribution in [0.5, 0.6) is 0 Å². The Kier molecular flexibility index (Phi) is 4.53. The zero-order chi connectivity index (χ0) is 19.0. The SMILES string of the molecule is C[C@@H]1CN(C(=O)c2cn(-c3ccccc3)nc2-c2cccs2)C[C@H]1C(=O)O. The molecule has 0 aliphatic carbocycles. The van der Waals surface area contributed by atoms with Gasteiger partial charge in [0, 0.05) is 19.3 Å². The summed E-state index contributed by atoms with van der Waals surface area (Å²) in [7, 11) is 0. The lowest BCUT2D eigenvalue weighted by Crippen LogP contribution is -2.30. The third kappa shape index (κ3) is 3.26. The van der Waals surface area contributed by atoms with Crippen LogP contribution < -0.4 is 0 Å². The van der Waals surface area contributed by atoms with Gasteiger partial charge in [0.15, 0.2) is 0 Å². The Bertz CT molecular complexity index is 966. The molecule has 0 spiro atoms. The van der Waals surface area contributed by atoms with Crippen molar-refractivity contribution in [3.63, 3.8) is 0 Å².